The predicted octanol–water partition coefficient (Wildman–Crippen LogP) is 4.93. The van der Waals surface area contributed by atoms with E-state index in [-0.39, 0.29) is 5.41 Å². The van der Waals surface area contributed by atoms with Crippen LogP contribution >= 0.6 is 0 Å². The van der Waals surface area contributed by atoms with Crippen LogP contribution in [0.15, 0.2) is 54.9 Å². The molecule has 126 valence electrons. The Kier molecular flexibility index (Phi) is 3.77. The zero-order chi connectivity index (χ0) is 17.4. The monoisotopic (exact) mass is 329 g/mol. The summed E-state index contributed by atoms with van der Waals surface area (Å²) in [5.74, 6) is 0. The SMILES string of the molecule is Cc1ccccc1C1(C#N)CCN(c2ccc3c[nH]cc3c2)C(C)C1. The van der Waals surface area contributed by atoms with Gasteiger partial charge < -0.3 is 9.88 Å². The molecule has 25 heavy (non-hydrogen) atoms. The van der Waals surface area contributed by atoms with Crippen molar-refractivity contribution < 1.29 is 0 Å². The molecular weight excluding hydrogens is 306 g/mol. The summed E-state index contributed by atoms with van der Waals surface area (Å²) in [5.41, 5.74) is 3.29. The first-order chi connectivity index (χ1) is 12.1. The lowest BCUT2D eigenvalue weighted by Gasteiger charge is -2.44. The summed E-state index contributed by atoms with van der Waals surface area (Å²) in [6, 6.07) is 18.0. The third-order valence-corrected chi connectivity index (χ3v) is 5.71. The van der Waals surface area contributed by atoms with Gasteiger partial charge in [0, 0.05) is 36.1 Å². The van der Waals surface area contributed by atoms with Crippen LogP contribution in [0.4, 0.5) is 5.69 Å². The van der Waals surface area contributed by atoms with Gasteiger partial charge in [-0.25, -0.2) is 0 Å². The molecule has 0 amide bonds. The van der Waals surface area contributed by atoms with Gasteiger partial charge in [-0.1, -0.05) is 30.3 Å². The molecule has 1 aromatic heterocycles. The zero-order valence-electron chi connectivity index (χ0n) is 14.8. The van der Waals surface area contributed by atoms with Gasteiger partial charge in [0.2, 0.25) is 0 Å². The zero-order valence-corrected chi connectivity index (χ0v) is 14.8. The highest BCUT2D eigenvalue weighted by Gasteiger charge is 2.40. The van der Waals surface area contributed by atoms with Gasteiger partial charge in [-0.2, -0.15) is 5.26 Å². The molecule has 0 bridgehead atoms. The number of fused-ring (bicyclic) bond motifs is 1. The third-order valence-electron chi connectivity index (χ3n) is 5.71. The Hall–Kier alpha value is -2.73. The standard InChI is InChI=1S/C22H23N3/c1-16-5-3-4-6-21(16)22(15-23)9-10-25(17(2)12-22)20-8-7-18-13-24-14-19(18)11-20/h3-8,11,13-14,17,24H,9-10,12H2,1-2H3. The molecule has 1 saturated heterocycles. The molecule has 1 aliphatic heterocycles. The molecule has 3 heteroatoms. The van der Waals surface area contributed by atoms with E-state index in [4.69, 9.17) is 0 Å². The van der Waals surface area contributed by atoms with Crippen LogP contribution in [-0.2, 0) is 5.41 Å². The first kappa shape index (κ1) is 15.8. The number of rotatable bonds is 2. The second-order valence-electron chi connectivity index (χ2n) is 7.27. The van der Waals surface area contributed by atoms with Gasteiger partial charge in [0.25, 0.3) is 0 Å². The van der Waals surface area contributed by atoms with E-state index >= 15 is 0 Å². The van der Waals surface area contributed by atoms with Crippen LogP contribution in [0, 0.1) is 18.3 Å². The average molecular weight is 329 g/mol. The number of nitriles is 1. The first-order valence-electron chi connectivity index (χ1n) is 8.93. The molecule has 3 aromatic rings. The predicted molar refractivity (Wildman–Crippen MR) is 103 cm³/mol. The molecular formula is C22H23N3. The third kappa shape index (κ3) is 2.59. The molecule has 2 heterocycles. The van der Waals surface area contributed by atoms with Crippen LogP contribution in [0.3, 0.4) is 0 Å². The van der Waals surface area contributed by atoms with E-state index in [1.54, 1.807) is 0 Å². The van der Waals surface area contributed by atoms with E-state index in [2.05, 4.69) is 72.3 Å². The fourth-order valence-electron chi connectivity index (χ4n) is 4.37. The van der Waals surface area contributed by atoms with Gasteiger partial charge >= 0.3 is 0 Å². The molecule has 2 aromatic carbocycles. The molecule has 0 radical (unpaired) electrons. The lowest BCUT2D eigenvalue weighted by molar-refractivity contribution is 0.359. The number of aromatic amines is 1. The summed E-state index contributed by atoms with van der Waals surface area (Å²) in [7, 11) is 0. The summed E-state index contributed by atoms with van der Waals surface area (Å²) >= 11 is 0. The number of aryl methyl sites for hydroxylation is 1. The first-order valence-corrected chi connectivity index (χ1v) is 8.93. The highest BCUT2D eigenvalue weighted by molar-refractivity contribution is 5.85. The summed E-state index contributed by atoms with van der Waals surface area (Å²) in [4.78, 5) is 5.61. The summed E-state index contributed by atoms with van der Waals surface area (Å²) in [5, 5.41) is 12.5. The van der Waals surface area contributed by atoms with Crippen molar-refractivity contribution in [1.29, 1.82) is 5.26 Å². The Morgan fingerprint density at radius 2 is 1.96 bits per heavy atom. The van der Waals surface area contributed by atoms with Crippen molar-refractivity contribution in [3.63, 3.8) is 0 Å². The van der Waals surface area contributed by atoms with Crippen molar-refractivity contribution in [1.82, 2.24) is 4.98 Å². The number of anilines is 1. The fourth-order valence-corrected chi connectivity index (χ4v) is 4.37. The molecule has 2 unspecified atom stereocenters. The van der Waals surface area contributed by atoms with Crippen LogP contribution < -0.4 is 4.90 Å². The molecule has 2 atom stereocenters. The highest BCUT2D eigenvalue weighted by Crippen LogP contribution is 2.41. The Bertz CT molecular complexity index is 949. The summed E-state index contributed by atoms with van der Waals surface area (Å²) in [6.07, 6.45) is 5.79. The molecule has 0 saturated carbocycles. The Morgan fingerprint density at radius 1 is 1.16 bits per heavy atom. The second-order valence-corrected chi connectivity index (χ2v) is 7.27. The molecule has 3 nitrogen and oxygen atoms in total. The number of benzene rings is 2. The normalized spacial score (nSPS) is 23.6. The largest absolute Gasteiger partial charge is 0.369 e. The summed E-state index contributed by atoms with van der Waals surface area (Å²) < 4.78 is 0. The minimum Gasteiger partial charge on any atom is -0.369 e. The number of piperidine rings is 1. The van der Waals surface area contributed by atoms with Gasteiger partial charge in [0.15, 0.2) is 0 Å². The maximum Gasteiger partial charge on any atom is 0.0861 e. The minimum absolute atomic E-state index is 0.324. The molecule has 0 aliphatic carbocycles. The van der Waals surface area contributed by atoms with E-state index in [1.165, 1.54) is 27.6 Å². The second kappa shape index (κ2) is 5.97. The maximum absolute atomic E-state index is 10.0. The number of nitrogens with zero attached hydrogens (tertiary/aromatic N) is 2. The average Bonchev–Trinajstić information content (AvgIpc) is 3.09. The Labute approximate surface area is 148 Å². The van der Waals surface area contributed by atoms with E-state index in [1.807, 2.05) is 12.4 Å². The van der Waals surface area contributed by atoms with Crippen LogP contribution in [0.5, 0.6) is 0 Å². The van der Waals surface area contributed by atoms with Crippen molar-refractivity contribution in [2.24, 2.45) is 0 Å². The van der Waals surface area contributed by atoms with E-state index in [9.17, 15) is 5.26 Å². The van der Waals surface area contributed by atoms with Crippen LogP contribution in [0.25, 0.3) is 10.8 Å². The number of aromatic nitrogens is 1. The van der Waals surface area contributed by atoms with Gasteiger partial charge in [-0.15, -0.1) is 0 Å². The van der Waals surface area contributed by atoms with Gasteiger partial charge in [-0.05, 0) is 55.3 Å². The highest BCUT2D eigenvalue weighted by atomic mass is 15.2. The van der Waals surface area contributed by atoms with Crippen LogP contribution in [0.2, 0.25) is 0 Å². The lowest BCUT2D eigenvalue weighted by atomic mass is 9.70. The number of H-pyrrole nitrogens is 1. The number of hydrogen-bond donors (Lipinski definition) is 1. The lowest BCUT2D eigenvalue weighted by Crippen LogP contribution is -2.47. The Morgan fingerprint density at radius 3 is 2.72 bits per heavy atom. The van der Waals surface area contributed by atoms with Crippen molar-refractivity contribution in [2.45, 2.75) is 38.1 Å². The molecule has 0 spiro atoms. The topological polar surface area (TPSA) is 42.8 Å². The van der Waals surface area contributed by atoms with Gasteiger partial charge in [0.1, 0.15) is 0 Å². The number of nitrogens with one attached hydrogen (secondary N) is 1. The molecule has 1 fully saturated rings. The number of hydrogen-bond acceptors (Lipinski definition) is 2. The quantitative estimate of drug-likeness (QED) is 0.724. The molecule has 1 N–H and O–H groups in total. The van der Waals surface area contributed by atoms with Crippen molar-refractivity contribution in [3.8, 4) is 6.07 Å². The van der Waals surface area contributed by atoms with Gasteiger partial charge in [-0.3, -0.25) is 0 Å². The van der Waals surface area contributed by atoms with Crippen molar-refractivity contribution in [2.75, 3.05) is 11.4 Å². The molecule has 4 rings (SSSR count). The minimum atomic E-state index is -0.376. The van der Waals surface area contributed by atoms with Gasteiger partial charge in [0.05, 0.1) is 11.5 Å². The Balaban J connectivity index is 1.65. The maximum atomic E-state index is 10.0. The van der Waals surface area contributed by atoms with E-state index < -0.39 is 0 Å². The fraction of sp³-hybridized carbons (Fsp3) is 0.318. The van der Waals surface area contributed by atoms with E-state index in [0.717, 1.165) is 19.4 Å². The van der Waals surface area contributed by atoms with Crippen LogP contribution in [0.1, 0.15) is 30.9 Å². The van der Waals surface area contributed by atoms with E-state index in [0.29, 0.717) is 6.04 Å². The summed E-state index contributed by atoms with van der Waals surface area (Å²) in [6.45, 7) is 5.26. The van der Waals surface area contributed by atoms with Crippen molar-refractivity contribution in [3.05, 3.63) is 66.0 Å². The smallest absolute Gasteiger partial charge is 0.0861 e. The molecule has 1 aliphatic rings. The van der Waals surface area contributed by atoms with Crippen molar-refractivity contribution >= 4 is 16.5 Å². The van der Waals surface area contributed by atoms with Crippen LogP contribution in [-0.4, -0.2) is 17.6 Å².